The molecule has 1 aromatic carbocycles. The van der Waals surface area contributed by atoms with Crippen LogP contribution in [0.15, 0.2) is 33.6 Å². The average molecular weight is 466 g/mol. The van der Waals surface area contributed by atoms with E-state index in [2.05, 4.69) is 15.9 Å². The Morgan fingerprint density at radius 3 is 2.44 bits per heavy atom. The molecular weight excluding hydrogens is 448 g/mol. The van der Waals surface area contributed by atoms with Crippen LogP contribution in [0, 0.1) is 11.8 Å². The summed E-state index contributed by atoms with van der Waals surface area (Å²) in [5.41, 5.74) is 0. The van der Waals surface area contributed by atoms with E-state index in [1.165, 1.54) is 12.1 Å². The van der Waals surface area contributed by atoms with Gasteiger partial charge in [0.2, 0.25) is 5.91 Å². The second kappa shape index (κ2) is 7.12. The van der Waals surface area contributed by atoms with Gasteiger partial charge in [-0.1, -0.05) is 22.0 Å². The van der Waals surface area contributed by atoms with Crippen molar-refractivity contribution in [3.63, 3.8) is 0 Å². The van der Waals surface area contributed by atoms with Crippen LogP contribution in [0.25, 0.3) is 0 Å². The summed E-state index contributed by atoms with van der Waals surface area (Å²) >= 11 is 3.20. The van der Waals surface area contributed by atoms with E-state index in [1.54, 1.807) is 12.1 Å². The number of hydrogen-bond acceptors (Lipinski definition) is 4. The zero-order valence-corrected chi connectivity index (χ0v) is 16.5. The number of benzene rings is 1. The van der Waals surface area contributed by atoms with E-state index in [-0.39, 0.29) is 24.3 Å². The van der Waals surface area contributed by atoms with Gasteiger partial charge in [-0.05, 0) is 31.0 Å². The Labute approximate surface area is 163 Å². The van der Waals surface area contributed by atoms with Crippen molar-refractivity contribution in [1.82, 2.24) is 4.90 Å². The molecule has 6 nitrogen and oxygen atoms in total. The first-order valence-electron chi connectivity index (χ1n) is 8.40. The van der Waals surface area contributed by atoms with Gasteiger partial charge >= 0.3 is 5.97 Å². The molecule has 0 spiro atoms. The summed E-state index contributed by atoms with van der Waals surface area (Å²) in [6, 6.07) is 6.04. The predicted octanol–water partition coefficient (Wildman–Crippen LogP) is 2.57. The molecule has 0 unspecified atom stereocenters. The molecule has 0 radical (unpaired) electrons. The largest absolute Gasteiger partial charge is 0.481 e. The molecule has 1 heterocycles. The summed E-state index contributed by atoms with van der Waals surface area (Å²) in [7, 11) is -3.85. The van der Waals surface area contributed by atoms with Crippen LogP contribution in [0.4, 0.5) is 8.78 Å². The number of carboxylic acid groups (broad SMARTS) is 1. The lowest BCUT2D eigenvalue weighted by Crippen LogP contribution is -2.39. The van der Waals surface area contributed by atoms with Gasteiger partial charge in [0, 0.05) is 17.4 Å². The monoisotopic (exact) mass is 465 g/mol. The number of carbonyl (C=O) groups excluding carboxylic acids is 1. The Morgan fingerprint density at radius 2 is 1.89 bits per heavy atom. The van der Waals surface area contributed by atoms with Gasteiger partial charge in [-0.2, -0.15) is 0 Å². The Morgan fingerprint density at radius 1 is 1.22 bits per heavy atom. The molecule has 0 bridgehead atoms. The number of likely N-dealkylation sites (tertiary alicyclic amines) is 1. The summed E-state index contributed by atoms with van der Waals surface area (Å²) in [5, 5.41) is 8.40. The predicted molar refractivity (Wildman–Crippen MR) is 95.1 cm³/mol. The van der Waals surface area contributed by atoms with Gasteiger partial charge in [0.05, 0.1) is 28.5 Å². The van der Waals surface area contributed by atoms with Gasteiger partial charge in [-0.25, -0.2) is 17.2 Å². The summed E-state index contributed by atoms with van der Waals surface area (Å²) in [4.78, 5) is 25.2. The number of rotatable bonds is 4. The fourth-order valence-electron chi connectivity index (χ4n) is 3.79. The SMILES string of the molecule is O=C(O)[C@@H]1C[C@H](S(=O)(=O)c2cccc(Br)c2)C[C@H]1C(=O)N1CCC(F)(F)C1. The Balaban J connectivity index is 1.85. The normalized spacial score (nSPS) is 27.7. The van der Waals surface area contributed by atoms with Gasteiger partial charge in [0.25, 0.3) is 5.92 Å². The average Bonchev–Trinajstić information content (AvgIpc) is 3.18. The second-order valence-electron chi connectivity index (χ2n) is 7.01. The standard InChI is InChI=1S/C17H18BrF2NO5S/c18-10-2-1-3-11(6-10)27(25,26)12-7-13(14(8-12)16(23)24)15(22)21-5-4-17(19,20)9-21/h1-3,6,12-14H,4-5,7-9H2,(H,23,24)/t12-,13-,14-/m1/s1. The molecule has 0 aromatic heterocycles. The molecule has 2 aliphatic rings. The van der Waals surface area contributed by atoms with Crippen molar-refractivity contribution in [2.24, 2.45) is 11.8 Å². The first-order chi connectivity index (χ1) is 12.5. The number of sulfone groups is 1. The van der Waals surface area contributed by atoms with E-state index in [4.69, 9.17) is 0 Å². The molecule has 3 atom stereocenters. The number of carboxylic acids is 1. The lowest BCUT2D eigenvalue weighted by atomic mass is 9.95. The van der Waals surface area contributed by atoms with Gasteiger partial charge in [0.1, 0.15) is 0 Å². The molecule has 2 fully saturated rings. The van der Waals surface area contributed by atoms with Crippen molar-refractivity contribution >= 4 is 37.6 Å². The van der Waals surface area contributed by atoms with Crippen molar-refractivity contribution in [2.45, 2.75) is 35.3 Å². The number of nitrogens with zero attached hydrogens (tertiary/aromatic N) is 1. The third-order valence-corrected chi connectivity index (χ3v) is 7.87. The fourth-order valence-corrected chi connectivity index (χ4v) is 6.20. The minimum absolute atomic E-state index is 0.0341. The number of alkyl halides is 2. The molecule has 1 saturated heterocycles. The molecule has 1 amide bonds. The molecule has 148 valence electrons. The van der Waals surface area contributed by atoms with Crippen LogP contribution in [0.1, 0.15) is 19.3 Å². The highest BCUT2D eigenvalue weighted by molar-refractivity contribution is 9.10. The number of hydrogen-bond donors (Lipinski definition) is 1. The third-order valence-electron chi connectivity index (χ3n) is 5.20. The first-order valence-corrected chi connectivity index (χ1v) is 10.7. The lowest BCUT2D eigenvalue weighted by molar-refractivity contribution is -0.149. The van der Waals surface area contributed by atoms with Crippen LogP contribution in [0.5, 0.6) is 0 Å². The molecule has 10 heteroatoms. The molecular formula is C17H18BrF2NO5S. The minimum atomic E-state index is -3.85. The van der Waals surface area contributed by atoms with Crippen molar-refractivity contribution < 1.29 is 31.9 Å². The zero-order valence-electron chi connectivity index (χ0n) is 14.1. The Hall–Kier alpha value is -1.55. The Bertz CT molecular complexity index is 876. The quantitative estimate of drug-likeness (QED) is 0.737. The van der Waals surface area contributed by atoms with Crippen molar-refractivity contribution in [3.05, 3.63) is 28.7 Å². The van der Waals surface area contributed by atoms with Crippen molar-refractivity contribution in [3.8, 4) is 0 Å². The van der Waals surface area contributed by atoms with E-state index < -0.39 is 57.7 Å². The maximum absolute atomic E-state index is 13.4. The van der Waals surface area contributed by atoms with Crippen LogP contribution in [-0.2, 0) is 19.4 Å². The highest BCUT2D eigenvalue weighted by atomic mass is 79.9. The summed E-state index contributed by atoms with van der Waals surface area (Å²) in [6.07, 6.45) is -0.874. The maximum Gasteiger partial charge on any atom is 0.307 e. The molecule has 1 saturated carbocycles. The zero-order chi connectivity index (χ0) is 20.0. The summed E-state index contributed by atoms with van der Waals surface area (Å²) < 4.78 is 53.2. The molecule has 1 aliphatic carbocycles. The van der Waals surface area contributed by atoms with Gasteiger partial charge in [-0.15, -0.1) is 0 Å². The summed E-state index contributed by atoms with van der Waals surface area (Å²) in [5.74, 6) is -7.31. The number of aliphatic carboxylic acids is 1. The molecule has 1 aliphatic heterocycles. The van der Waals surface area contributed by atoms with Gasteiger partial charge in [0.15, 0.2) is 9.84 Å². The number of halogens is 3. The van der Waals surface area contributed by atoms with Crippen molar-refractivity contribution in [1.29, 1.82) is 0 Å². The lowest BCUT2D eigenvalue weighted by Gasteiger charge is -2.22. The minimum Gasteiger partial charge on any atom is -0.481 e. The number of carbonyl (C=O) groups is 2. The molecule has 1 N–H and O–H groups in total. The first kappa shape index (κ1) is 20.2. The van der Waals surface area contributed by atoms with E-state index in [9.17, 15) is 31.9 Å². The summed E-state index contributed by atoms with van der Waals surface area (Å²) in [6.45, 7) is -0.907. The van der Waals surface area contributed by atoms with E-state index in [0.29, 0.717) is 4.47 Å². The second-order valence-corrected chi connectivity index (χ2v) is 10.2. The van der Waals surface area contributed by atoms with Crippen LogP contribution < -0.4 is 0 Å². The van der Waals surface area contributed by atoms with E-state index in [1.807, 2.05) is 0 Å². The number of amides is 1. The Kier molecular flexibility index (Phi) is 5.33. The third kappa shape index (κ3) is 4.01. The van der Waals surface area contributed by atoms with Crippen LogP contribution in [-0.4, -0.2) is 54.6 Å². The highest BCUT2D eigenvalue weighted by Crippen LogP contribution is 2.41. The highest BCUT2D eigenvalue weighted by Gasteiger charge is 2.51. The maximum atomic E-state index is 13.4. The van der Waals surface area contributed by atoms with Crippen molar-refractivity contribution in [2.75, 3.05) is 13.1 Å². The van der Waals surface area contributed by atoms with Gasteiger partial charge < -0.3 is 10.0 Å². The van der Waals surface area contributed by atoms with E-state index >= 15 is 0 Å². The molecule has 3 rings (SSSR count). The smallest absolute Gasteiger partial charge is 0.307 e. The topological polar surface area (TPSA) is 91.7 Å². The van der Waals surface area contributed by atoms with Gasteiger partial charge in [-0.3, -0.25) is 9.59 Å². The van der Waals surface area contributed by atoms with E-state index in [0.717, 1.165) is 4.90 Å². The molecule has 1 aromatic rings. The fraction of sp³-hybridized carbons (Fsp3) is 0.529. The van der Waals surface area contributed by atoms with Crippen LogP contribution in [0.3, 0.4) is 0 Å². The molecule has 27 heavy (non-hydrogen) atoms. The van der Waals surface area contributed by atoms with Crippen LogP contribution >= 0.6 is 15.9 Å². The van der Waals surface area contributed by atoms with Crippen LogP contribution in [0.2, 0.25) is 0 Å².